The minimum atomic E-state index is -0.163. The van der Waals surface area contributed by atoms with E-state index in [2.05, 4.69) is 5.92 Å². The van der Waals surface area contributed by atoms with Crippen LogP contribution in [-0.4, -0.2) is 22.7 Å². The smallest absolute Gasteiger partial charge is 0.0552 e. The molecule has 1 aliphatic heterocycles. The second kappa shape index (κ2) is 6.34. The molecule has 13 heavy (non-hydrogen) atoms. The summed E-state index contributed by atoms with van der Waals surface area (Å²) >= 11 is 2.03. The molecule has 74 valence electrons. The van der Waals surface area contributed by atoms with Gasteiger partial charge in [-0.05, 0) is 43.1 Å². The highest BCUT2D eigenvalue weighted by atomic mass is 32.2. The fourth-order valence-corrected chi connectivity index (χ4v) is 2.94. The van der Waals surface area contributed by atoms with Gasteiger partial charge in [0, 0.05) is 6.42 Å². The lowest BCUT2D eigenvalue weighted by Gasteiger charge is -2.23. The average molecular weight is 198 g/mol. The molecule has 1 atom stereocenters. The maximum Gasteiger partial charge on any atom is 0.0552 e. The molecule has 2 heteroatoms. The molecule has 0 radical (unpaired) electrons. The van der Waals surface area contributed by atoms with Crippen molar-refractivity contribution in [2.24, 2.45) is 5.92 Å². The third-order valence-electron chi connectivity index (χ3n) is 2.57. The lowest BCUT2D eigenvalue weighted by atomic mass is 9.94. The van der Waals surface area contributed by atoms with Crippen molar-refractivity contribution in [2.45, 2.75) is 38.2 Å². The van der Waals surface area contributed by atoms with Gasteiger partial charge in [0.2, 0.25) is 0 Å². The summed E-state index contributed by atoms with van der Waals surface area (Å²) < 4.78 is 0. The first-order valence-corrected chi connectivity index (χ1v) is 6.17. The molecule has 0 aromatic carbocycles. The van der Waals surface area contributed by atoms with E-state index in [4.69, 9.17) is 6.42 Å². The van der Waals surface area contributed by atoms with Crippen LogP contribution in [-0.2, 0) is 0 Å². The predicted octanol–water partition coefficient (Wildman–Crippen LogP) is 2.29. The van der Waals surface area contributed by atoms with Crippen LogP contribution >= 0.6 is 11.8 Å². The highest BCUT2D eigenvalue weighted by Crippen LogP contribution is 2.26. The summed E-state index contributed by atoms with van der Waals surface area (Å²) in [5.74, 6) is 5.86. The summed E-state index contributed by atoms with van der Waals surface area (Å²) in [6, 6.07) is 0. The third kappa shape index (κ3) is 4.59. The highest BCUT2D eigenvalue weighted by molar-refractivity contribution is 7.99. The Morgan fingerprint density at radius 3 is 2.77 bits per heavy atom. The van der Waals surface area contributed by atoms with E-state index in [1.807, 2.05) is 11.8 Å². The molecule has 1 rings (SSSR count). The zero-order chi connectivity index (χ0) is 9.52. The van der Waals surface area contributed by atoms with Crippen molar-refractivity contribution in [3.8, 4) is 12.3 Å². The lowest BCUT2D eigenvalue weighted by molar-refractivity contribution is 0.132. The number of hydrogen-bond donors (Lipinski definition) is 1. The molecule has 0 amide bonds. The molecule has 1 unspecified atom stereocenters. The van der Waals surface area contributed by atoms with Crippen molar-refractivity contribution in [1.29, 1.82) is 0 Å². The molecule has 0 bridgehead atoms. The van der Waals surface area contributed by atoms with Gasteiger partial charge in [0.25, 0.3) is 0 Å². The Morgan fingerprint density at radius 2 is 2.15 bits per heavy atom. The molecule has 0 aliphatic carbocycles. The summed E-state index contributed by atoms with van der Waals surface area (Å²) in [6.07, 6.45) is 9.98. The molecule has 1 aliphatic rings. The van der Waals surface area contributed by atoms with Crippen molar-refractivity contribution in [1.82, 2.24) is 0 Å². The van der Waals surface area contributed by atoms with E-state index in [1.165, 1.54) is 24.3 Å². The Hall–Kier alpha value is -0.130. The first-order valence-electron chi connectivity index (χ1n) is 5.02. The standard InChI is InChI=1S/C11H18OS/c1-2-3-4-11(12)9-10-5-7-13-8-6-10/h1,10-12H,3-9H2. The summed E-state index contributed by atoms with van der Waals surface area (Å²) in [4.78, 5) is 0. The van der Waals surface area contributed by atoms with Crippen LogP contribution in [0.2, 0.25) is 0 Å². The molecule has 1 heterocycles. The number of aliphatic hydroxyl groups excluding tert-OH is 1. The average Bonchev–Trinajstić information content (AvgIpc) is 2.16. The van der Waals surface area contributed by atoms with Crippen LogP contribution in [0.4, 0.5) is 0 Å². The Balaban J connectivity index is 2.11. The first-order chi connectivity index (χ1) is 6.33. The van der Waals surface area contributed by atoms with Crippen LogP contribution in [0.5, 0.6) is 0 Å². The van der Waals surface area contributed by atoms with Crippen molar-refractivity contribution in [3.63, 3.8) is 0 Å². The minimum Gasteiger partial charge on any atom is -0.393 e. The van der Waals surface area contributed by atoms with E-state index >= 15 is 0 Å². The van der Waals surface area contributed by atoms with Crippen LogP contribution in [0.15, 0.2) is 0 Å². The summed E-state index contributed by atoms with van der Waals surface area (Å²) in [7, 11) is 0. The van der Waals surface area contributed by atoms with Crippen molar-refractivity contribution < 1.29 is 5.11 Å². The summed E-state index contributed by atoms with van der Waals surface area (Å²) in [5.41, 5.74) is 0. The zero-order valence-corrected chi connectivity index (χ0v) is 8.85. The molecule has 0 aromatic heterocycles. The van der Waals surface area contributed by atoms with E-state index < -0.39 is 0 Å². The normalized spacial score (nSPS) is 20.9. The van der Waals surface area contributed by atoms with E-state index in [0.717, 1.165) is 18.8 Å². The van der Waals surface area contributed by atoms with Gasteiger partial charge in [0.1, 0.15) is 0 Å². The fraction of sp³-hybridized carbons (Fsp3) is 0.818. The first kappa shape index (κ1) is 10.9. The van der Waals surface area contributed by atoms with Gasteiger partial charge in [-0.2, -0.15) is 11.8 Å². The molecular formula is C11H18OS. The number of terminal acetylenes is 1. The summed E-state index contributed by atoms with van der Waals surface area (Å²) in [5, 5.41) is 9.63. The van der Waals surface area contributed by atoms with Crippen LogP contribution in [0.3, 0.4) is 0 Å². The Bertz CT molecular complexity index is 167. The van der Waals surface area contributed by atoms with Crippen LogP contribution in [0.25, 0.3) is 0 Å². The van der Waals surface area contributed by atoms with E-state index in [-0.39, 0.29) is 6.10 Å². The van der Waals surface area contributed by atoms with Gasteiger partial charge in [0.15, 0.2) is 0 Å². The second-order valence-corrected chi connectivity index (χ2v) is 4.91. The second-order valence-electron chi connectivity index (χ2n) is 3.69. The molecule has 1 fully saturated rings. The Morgan fingerprint density at radius 1 is 1.46 bits per heavy atom. The monoisotopic (exact) mass is 198 g/mol. The van der Waals surface area contributed by atoms with Crippen LogP contribution < -0.4 is 0 Å². The van der Waals surface area contributed by atoms with E-state index in [0.29, 0.717) is 6.42 Å². The van der Waals surface area contributed by atoms with Gasteiger partial charge >= 0.3 is 0 Å². The quantitative estimate of drug-likeness (QED) is 0.699. The van der Waals surface area contributed by atoms with Gasteiger partial charge < -0.3 is 5.11 Å². The number of hydrogen-bond acceptors (Lipinski definition) is 2. The molecule has 1 nitrogen and oxygen atoms in total. The number of rotatable bonds is 4. The molecular weight excluding hydrogens is 180 g/mol. The van der Waals surface area contributed by atoms with Crippen LogP contribution in [0, 0.1) is 18.3 Å². The predicted molar refractivity (Wildman–Crippen MR) is 58.7 cm³/mol. The number of thioether (sulfide) groups is 1. The van der Waals surface area contributed by atoms with Crippen LogP contribution in [0.1, 0.15) is 32.1 Å². The maximum atomic E-state index is 9.63. The molecule has 0 saturated carbocycles. The minimum absolute atomic E-state index is 0.163. The highest BCUT2D eigenvalue weighted by Gasteiger charge is 2.17. The van der Waals surface area contributed by atoms with Crippen molar-refractivity contribution in [3.05, 3.63) is 0 Å². The third-order valence-corrected chi connectivity index (χ3v) is 3.62. The van der Waals surface area contributed by atoms with Gasteiger partial charge in [-0.1, -0.05) is 0 Å². The molecule has 1 N–H and O–H groups in total. The lowest BCUT2D eigenvalue weighted by Crippen LogP contribution is -2.17. The molecule has 0 spiro atoms. The van der Waals surface area contributed by atoms with Gasteiger partial charge in [0.05, 0.1) is 6.10 Å². The van der Waals surface area contributed by atoms with Gasteiger partial charge in [-0.25, -0.2) is 0 Å². The zero-order valence-electron chi connectivity index (χ0n) is 8.04. The SMILES string of the molecule is C#CCCC(O)CC1CCSCC1. The van der Waals surface area contributed by atoms with Crippen molar-refractivity contribution >= 4 is 11.8 Å². The number of aliphatic hydroxyl groups is 1. The van der Waals surface area contributed by atoms with Gasteiger partial charge in [-0.15, -0.1) is 12.3 Å². The molecule has 1 saturated heterocycles. The van der Waals surface area contributed by atoms with Crippen molar-refractivity contribution in [2.75, 3.05) is 11.5 Å². The molecule has 0 aromatic rings. The Labute approximate surface area is 85.3 Å². The largest absolute Gasteiger partial charge is 0.393 e. The Kier molecular flexibility index (Phi) is 5.34. The maximum absolute atomic E-state index is 9.63. The fourth-order valence-electron chi connectivity index (χ4n) is 1.73. The van der Waals surface area contributed by atoms with E-state index in [9.17, 15) is 5.11 Å². The van der Waals surface area contributed by atoms with E-state index in [1.54, 1.807) is 0 Å². The topological polar surface area (TPSA) is 20.2 Å². The summed E-state index contributed by atoms with van der Waals surface area (Å²) in [6.45, 7) is 0. The van der Waals surface area contributed by atoms with Gasteiger partial charge in [-0.3, -0.25) is 0 Å².